The molecule has 0 saturated carbocycles. The van der Waals surface area contributed by atoms with Gasteiger partial charge in [0.2, 0.25) is 5.91 Å². The fourth-order valence-corrected chi connectivity index (χ4v) is 4.68. The molecule has 0 N–H and O–H groups in total. The van der Waals surface area contributed by atoms with Crippen LogP contribution in [0.2, 0.25) is 5.02 Å². The zero-order valence-electron chi connectivity index (χ0n) is 18.3. The molecule has 2 aromatic carbocycles. The molecule has 1 heterocycles. The van der Waals surface area contributed by atoms with E-state index in [9.17, 15) is 9.59 Å². The molecule has 164 valence electrons. The first-order valence-electron chi connectivity index (χ1n) is 10.0. The monoisotopic (exact) mass is 459 g/mol. The average molecular weight is 460 g/mol. The van der Waals surface area contributed by atoms with Crippen LogP contribution in [0.1, 0.15) is 27.7 Å². The minimum atomic E-state index is -0.245. The first-order chi connectivity index (χ1) is 14.7. The maximum absolute atomic E-state index is 13.4. The van der Waals surface area contributed by atoms with Crippen LogP contribution in [0.3, 0.4) is 0 Å². The van der Waals surface area contributed by atoms with Crippen LogP contribution in [-0.4, -0.2) is 45.3 Å². The van der Waals surface area contributed by atoms with Crippen molar-refractivity contribution in [3.63, 3.8) is 0 Å². The van der Waals surface area contributed by atoms with Gasteiger partial charge in [-0.3, -0.25) is 14.2 Å². The Kier molecular flexibility index (Phi) is 7.28. The lowest BCUT2D eigenvalue weighted by Crippen LogP contribution is -2.43. The maximum atomic E-state index is 13.4. The Morgan fingerprint density at radius 2 is 1.84 bits per heavy atom. The number of benzene rings is 2. The third kappa shape index (κ3) is 4.88. The van der Waals surface area contributed by atoms with E-state index >= 15 is 0 Å². The Labute approximate surface area is 191 Å². The van der Waals surface area contributed by atoms with Crippen LogP contribution in [-0.2, 0) is 4.79 Å². The molecular weight excluding hydrogens is 434 g/mol. The van der Waals surface area contributed by atoms with Crippen molar-refractivity contribution < 1.29 is 9.53 Å². The number of hydrogen-bond donors (Lipinski definition) is 0. The van der Waals surface area contributed by atoms with Gasteiger partial charge >= 0.3 is 0 Å². The van der Waals surface area contributed by atoms with E-state index in [2.05, 4.69) is 4.98 Å². The quantitative estimate of drug-likeness (QED) is 0.375. The molecule has 0 spiro atoms. The topological polar surface area (TPSA) is 64.4 Å². The Bertz CT molecular complexity index is 1150. The summed E-state index contributed by atoms with van der Waals surface area (Å²) in [5.74, 6) is 0.685. The Morgan fingerprint density at radius 1 is 1.16 bits per heavy atom. The van der Waals surface area contributed by atoms with Crippen molar-refractivity contribution in [2.24, 2.45) is 0 Å². The first-order valence-corrected chi connectivity index (χ1v) is 11.4. The predicted molar refractivity (Wildman–Crippen MR) is 127 cm³/mol. The number of hydrogen-bond acceptors (Lipinski definition) is 5. The van der Waals surface area contributed by atoms with Crippen molar-refractivity contribution in [1.29, 1.82) is 0 Å². The largest absolute Gasteiger partial charge is 0.495 e. The van der Waals surface area contributed by atoms with Gasteiger partial charge in [0.1, 0.15) is 5.75 Å². The number of thioether (sulfide) groups is 1. The number of aromatic nitrogens is 2. The second-order valence-corrected chi connectivity index (χ2v) is 9.02. The highest BCUT2D eigenvalue weighted by Gasteiger charge is 2.22. The molecule has 0 fully saturated rings. The number of carbonyl (C=O) groups is 1. The molecule has 0 saturated heterocycles. The number of amides is 1. The molecular formula is C23H26ClN3O3S. The minimum Gasteiger partial charge on any atom is -0.495 e. The summed E-state index contributed by atoms with van der Waals surface area (Å²) in [6.07, 6.45) is 0. The highest BCUT2D eigenvalue weighted by Crippen LogP contribution is 2.28. The third-order valence-electron chi connectivity index (χ3n) is 4.85. The molecule has 0 aliphatic rings. The molecule has 3 aromatic rings. The zero-order chi connectivity index (χ0) is 22.7. The maximum Gasteiger partial charge on any atom is 0.266 e. The van der Waals surface area contributed by atoms with Gasteiger partial charge in [-0.25, -0.2) is 4.98 Å². The van der Waals surface area contributed by atoms with Crippen molar-refractivity contribution in [3.8, 4) is 11.4 Å². The number of para-hydroxylation sites is 2. The Balaban J connectivity index is 2.13. The lowest BCUT2D eigenvalue weighted by atomic mass is 10.2. The van der Waals surface area contributed by atoms with E-state index in [0.717, 1.165) is 0 Å². The van der Waals surface area contributed by atoms with Crippen LogP contribution in [0.25, 0.3) is 16.6 Å². The number of nitrogens with zero attached hydrogens (tertiary/aromatic N) is 3. The van der Waals surface area contributed by atoms with E-state index in [1.54, 1.807) is 37.4 Å². The van der Waals surface area contributed by atoms with Crippen molar-refractivity contribution in [3.05, 3.63) is 57.8 Å². The van der Waals surface area contributed by atoms with Gasteiger partial charge in [-0.15, -0.1) is 0 Å². The summed E-state index contributed by atoms with van der Waals surface area (Å²) in [7, 11) is 1.55. The number of rotatable bonds is 7. The molecule has 0 bridgehead atoms. The Hall–Kier alpha value is -2.51. The summed E-state index contributed by atoms with van der Waals surface area (Å²) in [6, 6.07) is 12.4. The zero-order valence-corrected chi connectivity index (χ0v) is 19.8. The van der Waals surface area contributed by atoms with Gasteiger partial charge in [0.15, 0.2) is 5.16 Å². The summed E-state index contributed by atoms with van der Waals surface area (Å²) < 4.78 is 6.98. The van der Waals surface area contributed by atoms with Gasteiger partial charge in [0.25, 0.3) is 5.56 Å². The van der Waals surface area contributed by atoms with Gasteiger partial charge in [-0.2, -0.15) is 0 Å². The summed E-state index contributed by atoms with van der Waals surface area (Å²) in [6.45, 7) is 7.96. The lowest BCUT2D eigenvalue weighted by Gasteiger charge is -2.30. The number of carbonyl (C=O) groups excluding carboxylic acids is 1. The summed E-state index contributed by atoms with van der Waals surface area (Å²) in [5.41, 5.74) is 0.813. The molecule has 3 rings (SSSR count). The first kappa shape index (κ1) is 23.2. The van der Waals surface area contributed by atoms with E-state index in [1.807, 2.05) is 44.7 Å². The normalized spacial score (nSPS) is 11.4. The SMILES string of the molecule is COc1ccccc1-n1c(SCC(=O)N(C(C)C)C(C)C)nc2cc(Cl)ccc2c1=O. The van der Waals surface area contributed by atoms with E-state index in [1.165, 1.54) is 16.3 Å². The Morgan fingerprint density at radius 3 is 2.48 bits per heavy atom. The van der Waals surface area contributed by atoms with Gasteiger partial charge in [0.05, 0.1) is 29.5 Å². The van der Waals surface area contributed by atoms with Gasteiger partial charge in [-0.05, 0) is 58.0 Å². The van der Waals surface area contributed by atoms with Crippen LogP contribution in [0.4, 0.5) is 0 Å². The predicted octanol–water partition coefficient (Wildman–Crippen LogP) is 4.79. The van der Waals surface area contributed by atoms with Crippen LogP contribution < -0.4 is 10.3 Å². The molecule has 31 heavy (non-hydrogen) atoms. The number of ether oxygens (including phenoxy) is 1. The van der Waals surface area contributed by atoms with E-state index < -0.39 is 0 Å². The van der Waals surface area contributed by atoms with Crippen molar-refractivity contribution in [2.45, 2.75) is 44.9 Å². The molecule has 0 atom stereocenters. The standard InChI is InChI=1S/C23H26ClN3O3S/c1-14(2)26(15(3)4)21(28)13-31-23-25-18-12-16(24)10-11-17(18)22(29)27(23)19-8-6-7-9-20(19)30-5/h6-12,14-15H,13H2,1-5H3. The van der Waals surface area contributed by atoms with Crippen molar-refractivity contribution in [2.75, 3.05) is 12.9 Å². The molecule has 0 aliphatic carbocycles. The van der Waals surface area contributed by atoms with Crippen LogP contribution in [0, 0.1) is 0 Å². The molecule has 6 nitrogen and oxygen atoms in total. The molecule has 1 aromatic heterocycles. The highest BCUT2D eigenvalue weighted by molar-refractivity contribution is 7.99. The fraction of sp³-hybridized carbons (Fsp3) is 0.348. The molecule has 0 aliphatic heterocycles. The third-order valence-corrected chi connectivity index (χ3v) is 6.01. The lowest BCUT2D eigenvalue weighted by molar-refractivity contribution is -0.131. The van der Waals surface area contributed by atoms with E-state index in [-0.39, 0.29) is 29.3 Å². The summed E-state index contributed by atoms with van der Waals surface area (Å²) in [5, 5.41) is 1.34. The van der Waals surface area contributed by atoms with E-state index in [4.69, 9.17) is 16.3 Å². The van der Waals surface area contributed by atoms with Gasteiger partial charge < -0.3 is 9.64 Å². The molecule has 1 amide bonds. The van der Waals surface area contributed by atoms with Crippen LogP contribution in [0.15, 0.2) is 52.4 Å². The smallest absolute Gasteiger partial charge is 0.266 e. The molecule has 0 unspecified atom stereocenters. The second-order valence-electron chi connectivity index (χ2n) is 7.65. The summed E-state index contributed by atoms with van der Waals surface area (Å²) >= 11 is 7.36. The number of methoxy groups -OCH3 is 1. The van der Waals surface area contributed by atoms with Crippen LogP contribution in [0.5, 0.6) is 5.75 Å². The fourth-order valence-electron chi connectivity index (χ4n) is 3.64. The average Bonchev–Trinajstić information content (AvgIpc) is 2.71. The van der Waals surface area contributed by atoms with Gasteiger partial charge in [-0.1, -0.05) is 35.5 Å². The minimum absolute atomic E-state index is 0.0120. The second kappa shape index (κ2) is 9.75. The van der Waals surface area contributed by atoms with Gasteiger partial charge in [0, 0.05) is 17.1 Å². The van der Waals surface area contributed by atoms with E-state index in [0.29, 0.717) is 32.5 Å². The van der Waals surface area contributed by atoms with Crippen molar-refractivity contribution in [1.82, 2.24) is 14.5 Å². The highest BCUT2D eigenvalue weighted by atomic mass is 35.5. The summed E-state index contributed by atoms with van der Waals surface area (Å²) in [4.78, 5) is 32.9. The number of fused-ring (bicyclic) bond motifs is 1. The van der Waals surface area contributed by atoms with Crippen LogP contribution >= 0.6 is 23.4 Å². The molecule has 8 heteroatoms. The number of halogens is 1. The van der Waals surface area contributed by atoms with Crippen molar-refractivity contribution >= 4 is 40.2 Å². The molecule has 0 radical (unpaired) electrons.